The van der Waals surface area contributed by atoms with E-state index in [4.69, 9.17) is 0 Å². The number of hydrogen-bond donors (Lipinski definition) is 1. The van der Waals surface area contributed by atoms with E-state index in [0.717, 1.165) is 28.2 Å². The Bertz CT molecular complexity index is 734. The van der Waals surface area contributed by atoms with Crippen molar-refractivity contribution in [1.82, 2.24) is 15.3 Å². The summed E-state index contributed by atoms with van der Waals surface area (Å²) >= 11 is 1.50. The first-order valence-electron chi connectivity index (χ1n) is 8.70. The van der Waals surface area contributed by atoms with Gasteiger partial charge in [0.25, 0.3) is 0 Å². The third kappa shape index (κ3) is 3.89. The minimum atomic E-state index is 0.103. The third-order valence-corrected chi connectivity index (χ3v) is 6.06. The molecule has 1 heterocycles. The van der Waals surface area contributed by atoms with Crippen molar-refractivity contribution in [2.75, 3.05) is 5.75 Å². The molecule has 1 aliphatic rings. The molecule has 1 aromatic heterocycles. The van der Waals surface area contributed by atoms with Crippen LogP contribution in [0, 0.1) is 18.8 Å². The monoisotopic (exact) mass is 343 g/mol. The fourth-order valence-electron chi connectivity index (χ4n) is 3.44. The van der Waals surface area contributed by atoms with Crippen LogP contribution < -0.4 is 5.32 Å². The van der Waals surface area contributed by atoms with Crippen LogP contribution >= 0.6 is 11.8 Å². The van der Waals surface area contributed by atoms with E-state index >= 15 is 0 Å². The van der Waals surface area contributed by atoms with Gasteiger partial charge in [0.2, 0.25) is 5.91 Å². The third-order valence-electron chi connectivity index (χ3n) is 5.07. The lowest BCUT2D eigenvalue weighted by Gasteiger charge is -2.34. The summed E-state index contributed by atoms with van der Waals surface area (Å²) in [4.78, 5) is 21.4. The molecule has 2 aromatic rings. The van der Waals surface area contributed by atoms with Gasteiger partial charge in [-0.05, 0) is 31.2 Å². The van der Waals surface area contributed by atoms with Gasteiger partial charge in [0.1, 0.15) is 10.9 Å². The second-order valence-electron chi connectivity index (χ2n) is 6.82. The zero-order valence-electron chi connectivity index (χ0n) is 14.6. The van der Waals surface area contributed by atoms with Crippen molar-refractivity contribution in [1.29, 1.82) is 0 Å². The van der Waals surface area contributed by atoms with Gasteiger partial charge in [-0.1, -0.05) is 56.7 Å². The number of fused-ring (bicyclic) bond motifs is 1. The molecule has 0 bridgehead atoms. The maximum atomic E-state index is 12.4. The van der Waals surface area contributed by atoms with Gasteiger partial charge in [0.15, 0.2) is 0 Å². The van der Waals surface area contributed by atoms with Gasteiger partial charge in [-0.15, -0.1) is 0 Å². The van der Waals surface area contributed by atoms with E-state index in [2.05, 4.69) is 29.1 Å². The standard InChI is InChI=1S/C19H25N3OS/c1-12-7-6-10-16(13(12)2)22-18(23)11-24-19-15-8-4-5-9-17(15)20-14(3)21-19/h4-5,8-9,12-13,16H,6-7,10-11H2,1-3H3,(H,22,23)/t12-,13-,16+/m0/s1. The molecule has 128 valence electrons. The molecule has 1 fully saturated rings. The highest BCUT2D eigenvalue weighted by atomic mass is 32.2. The Morgan fingerprint density at radius 2 is 2.04 bits per heavy atom. The van der Waals surface area contributed by atoms with E-state index in [1.807, 2.05) is 31.2 Å². The van der Waals surface area contributed by atoms with Crippen molar-refractivity contribution >= 4 is 28.6 Å². The first-order valence-corrected chi connectivity index (χ1v) is 9.68. The summed E-state index contributed by atoms with van der Waals surface area (Å²) in [6.45, 7) is 6.43. The summed E-state index contributed by atoms with van der Waals surface area (Å²) in [5.41, 5.74) is 0.933. The van der Waals surface area contributed by atoms with Crippen LogP contribution in [0.3, 0.4) is 0 Å². The average molecular weight is 343 g/mol. The minimum Gasteiger partial charge on any atom is -0.352 e. The predicted octanol–water partition coefficient (Wildman–Crippen LogP) is 3.97. The highest BCUT2D eigenvalue weighted by Gasteiger charge is 2.28. The highest BCUT2D eigenvalue weighted by Crippen LogP contribution is 2.30. The molecule has 1 aromatic carbocycles. The number of hydrogen-bond acceptors (Lipinski definition) is 4. The van der Waals surface area contributed by atoms with Gasteiger partial charge >= 0.3 is 0 Å². The molecule has 5 heteroatoms. The minimum absolute atomic E-state index is 0.103. The van der Waals surface area contributed by atoms with Crippen molar-refractivity contribution in [2.45, 2.75) is 51.1 Å². The van der Waals surface area contributed by atoms with Gasteiger partial charge in [-0.2, -0.15) is 0 Å². The summed E-state index contributed by atoms with van der Waals surface area (Å²) < 4.78 is 0. The molecule has 1 N–H and O–H groups in total. The average Bonchev–Trinajstić information content (AvgIpc) is 2.56. The van der Waals surface area contributed by atoms with Crippen LogP contribution in [-0.2, 0) is 4.79 Å². The quantitative estimate of drug-likeness (QED) is 0.674. The first kappa shape index (κ1) is 17.2. The van der Waals surface area contributed by atoms with Crippen LogP contribution in [0.1, 0.15) is 38.9 Å². The number of benzene rings is 1. The largest absolute Gasteiger partial charge is 0.352 e. The van der Waals surface area contributed by atoms with Crippen molar-refractivity contribution in [2.24, 2.45) is 11.8 Å². The van der Waals surface area contributed by atoms with Crippen molar-refractivity contribution in [3.05, 3.63) is 30.1 Å². The van der Waals surface area contributed by atoms with Crippen LogP contribution in [0.25, 0.3) is 10.9 Å². The molecule has 0 spiro atoms. The number of carbonyl (C=O) groups is 1. The number of nitrogens with one attached hydrogen (secondary N) is 1. The molecule has 1 saturated carbocycles. The Hall–Kier alpha value is -1.62. The maximum Gasteiger partial charge on any atom is 0.230 e. The Kier molecular flexibility index (Phi) is 5.39. The first-order chi connectivity index (χ1) is 11.5. The fraction of sp³-hybridized carbons (Fsp3) is 0.526. The van der Waals surface area contributed by atoms with Crippen LogP contribution in [0.4, 0.5) is 0 Å². The second kappa shape index (κ2) is 7.51. The number of rotatable bonds is 4. The lowest BCUT2D eigenvalue weighted by molar-refractivity contribution is -0.119. The molecule has 3 atom stereocenters. The summed E-state index contributed by atoms with van der Waals surface area (Å²) in [5, 5.41) is 5.13. The van der Waals surface area contributed by atoms with Crippen molar-refractivity contribution < 1.29 is 4.79 Å². The normalized spacial score (nSPS) is 24.0. The van der Waals surface area contributed by atoms with Crippen LogP contribution in [0.2, 0.25) is 0 Å². The Morgan fingerprint density at radius 3 is 2.88 bits per heavy atom. The summed E-state index contributed by atoms with van der Waals surface area (Å²) in [6.07, 6.45) is 3.57. The predicted molar refractivity (Wildman–Crippen MR) is 99.1 cm³/mol. The number of aryl methyl sites for hydroxylation is 1. The van der Waals surface area contributed by atoms with Gasteiger partial charge in [-0.3, -0.25) is 4.79 Å². The molecule has 4 nitrogen and oxygen atoms in total. The Morgan fingerprint density at radius 1 is 1.25 bits per heavy atom. The highest BCUT2D eigenvalue weighted by molar-refractivity contribution is 8.00. The molecule has 0 aliphatic heterocycles. The number of amides is 1. The van der Waals surface area contributed by atoms with Crippen LogP contribution in [0.15, 0.2) is 29.3 Å². The number of nitrogens with zero attached hydrogens (tertiary/aromatic N) is 2. The van der Waals surface area contributed by atoms with Crippen LogP contribution in [-0.4, -0.2) is 27.7 Å². The van der Waals surface area contributed by atoms with Gasteiger partial charge < -0.3 is 5.32 Å². The summed E-state index contributed by atoms with van der Waals surface area (Å²) in [7, 11) is 0. The van der Waals surface area contributed by atoms with Gasteiger partial charge in [0, 0.05) is 11.4 Å². The summed E-state index contributed by atoms with van der Waals surface area (Å²) in [6, 6.07) is 8.27. The SMILES string of the molecule is Cc1nc(SCC(=O)N[C@@H]2CCC[C@H](C)[C@@H]2C)c2ccccc2n1. The zero-order chi connectivity index (χ0) is 17.1. The molecule has 24 heavy (non-hydrogen) atoms. The van der Waals surface area contributed by atoms with E-state index in [-0.39, 0.29) is 5.91 Å². The fourth-order valence-corrected chi connectivity index (χ4v) is 4.31. The molecule has 3 rings (SSSR count). The maximum absolute atomic E-state index is 12.4. The lowest BCUT2D eigenvalue weighted by atomic mass is 9.78. The number of aromatic nitrogens is 2. The van der Waals surface area contributed by atoms with E-state index in [1.165, 1.54) is 24.6 Å². The second-order valence-corrected chi connectivity index (χ2v) is 7.79. The van der Waals surface area contributed by atoms with Crippen molar-refractivity contribution in [3.8, 4) is 0 Å². The zero-order valence-corrected chi connectivity index (χ0v) is 15.4. The molecule has 0 radical (unpaired) electrons. The molecular formula is C19H25N3OS. The smallest absolute Gasteiger partial charge is 0.230 e. The molecular weight excluding hydrogens is 318 g/mol. The molecule has 0 saturated heterocycles. The number of para-hydroxylation sites is 1. The van der Waals surface area contributed by atoms with Crippen LogP contribution in [0.5, 0.6) is 0 Å². The van der Waals surface area contributed by atoms with Crippen molar-refractivity contribution in [3.63, 3.8) is 0 Å². The van der Waals surface area contributed by atoms with E-state index < -0.39 is 0 Å². The number of carbonyl (C=O) groups excluding carboxylic acids is 1. The molecule has 1 amide bonds. The van der Waals surface area contributed by atoms with Gasteiger partial charge in [0.05, 0.1) is 11.3 Å². The topological polar surface area (TPSA) is 54.9 Å². The summed E-state index contributed by atoms with van der Waals surface area (Å²) in [5.74, 6) is 2.48. The van der Waals surface area contributed by atoms with E-state index in [0.29, 0.717) is 23.6 Å². The van der Waals surface area contributed by atoms with Gasteiger partial charge in [-0.25, -0.2) is 9.97 Å². The van der Waals surface area contributed by atoms with E-state index in [1.54, 1.807) is 0 Å². The molecule has 1 aliphatic carbocycles. The Labute approximate surface area is 147 Å². The Balaban J connectivity index is 1.64. The lowest BCUT2D eigenvalue weighted by Crippen LogP contribution is -2.44. The number of thioether (sulfide) groups is 1. The molecule has 0 unspecified atom stereocenters. The van der Waals surface area contributed by atoms with E-state index in [9.17, 15) is 4.79 Å².